The van der Waals surface area contributed by atoms with Crippen LogP contribution in [0.2, 0.25) is 0 Å². The van der Waals surface area contributed by atoms with Crippen molar-refractivity contribution in [2.75, 3.05) is 0 Å². The summed E-state index contributed by atoms with van der Waals surface area (Å²) in [7, 11) is 0. The van der Waals surface area contributed by atoms with Crippen LogP contribution in [-0.4, -0.2) is 9.36 Å². The molecule has 18 heavy (non-hydrogen) atoms. The molecule has 0 spiro atoms. The number of aromatic nitrogens is 2. The van der Waals surface area contributed by atoms with Crippen molar-refractivity contribution in [1.82, 2.24) is 9.36 Å². The third-order valence-corrected chi connectivity index (χ3v) is 2.71. The van der Waals surface area contributed by atoms with E-state index in [1.54, 1.807) is 0 Å². The second kappa shape index (κ2) is 4.61. The molecular weight excluding hydrogens is 258 g/mol. The zero-order valence-electron chi connectivity index (χ0n) is 10.2. The summed E-state index contributed by atoms with van der Waals surface area (Å²) in [6, 6.07) is 2.98. The summed E-state index contributed by atoms with van der Waals surface area (Å²) >= 11 is 1.05. The fourth-order valence-electron chi connectivity index (χ4n) is 1.24. The molecule has 0 aliphatic carbocycles. The van der Waals surface area contributed by atoms with Crippen molar-refractivity contribution in [3.63, 3.8) is 0 Å². The zero-order valence-corrected chi connectivity index (χ0v) is 11.0. The maximum atomic E-state index is 13.0. The fourth-order valence-corrected chi connectivity index (χ4v) is 1.98. The predicted molar refractivity (Wildman–Crippen MR) is 65.0 cm³/mol. The van der Waals surface area contributed by atoms with E-state index in [-0.39, 0.29) is 16.4 Å². The molecule has 0 unspecified atom stereocenters. The van der Waals surface area contributed by atoms with Crippen molar-refractivity contribution in [3.8, 4) is 10.9 Å². The molecule has 0 radical (unpaired) electrons. The average Bonchev–Trinajstić information content (AvgIpc) is 2.63. The molecule has 0 amide bonds. The molecule has 0 bridgehead atoms. The highest BCUT2D eigenvalue weighted by atomic mass is 32.1. The molecular formula is C12H12F2N2OS. The van der Waals surface area contributed by atoms with Gasteiger partial charge in [-0.2, -0.15) is 9.36 Å². The van der Waals surface area contributed by atoms with E-state index >= 15 is 0 Å². The molecule has 0 fully saturated rings. The second-order valence-corrected chi connectivity index (χ2v) is 5.56. The molecule has 0 aliphatic rings. The summed E-state index contributed by atoms with van der Waals surface area (Å²) < 4.78 is 35.4. The fraction of sp³-hybridized carbons (Fsp3) is 0.333. The van der Waals surface area contributed by atoms with E-state index in [4.69, 9.17) is 4.74 Å². The maximum absolute atomic E-state index is 13.0. The summed E-state index contributed by atoms with van der Waals surface area (Å²) in [5, 5.41) is 0.268. The number of ether oxygens (including phenoxy) is 1. The molecule has 1 aromatic carbocycles. The van der Waals surface area contributed by atoms with Gasteiger partial charge >= 0.3 is 0 Å². The van der Waals surface area contributed by atoms with E-state index in [0.717, 1.165) is 29.7 Å². The molecule has 6 heteroatoms. The number of hydrogen-bond acceptors (Lipinski definition) is 4. The van der Waals surface area contributed by atoms with Crippen molar-refractivity contribution in [3.05, 3.63) is 35.7 Å². The summed E-state index contributed by atoms with van der Waals surface area (Å²) in [6.07, 6.45) is 0. The van der Waals surface area contributed by atoms with Crippen LogP contribution in [0, 0.1) is 11.6 Å². The Kier molecular flexibility index (Phi) is 3.30. The summed E-state index contributed by atoms with van der Waals surface area (Å²) in [5.74, 6) is -0.667. The lowest BCUT2D eigenvalue weighted by Crippen LogP contribution is -2.12. The smallest absolute Gasteiger partial charge is 0.298 e. The van der Waals surface area contributed by atoms with Crippen LogP contribution >= 0.6 is 11.5 Å². The molecule has 0 saturated carbocycles. The monoisotopic (exact) mass is 270 g/mol. The number of hydrogen-bond donors (Lipinski definition) is 0. The van der Waals surface area contributed by atoms with Gasteiger partial charge in [0.25, 0.3) is 5.19 Å². The highest BCUT2D eigenvalue weighted by molar-refractivity contribution is 7.07. The molecule has 2 rings (SSSR count). The Morgan fingerprint density at radius 2 is 1.72 bits per heavy atom. The van der Waals surface area contributed by atoms with Gasteiger partial charge in [0.1, 0.15) is 17.4 Å². The Morgan fingerprint density at radius 1 is 1.11 bits per heavy atom. The van der Waals surface area contributed by atoms with Crippen LogP contribution in [0.5, 0.6) is 10.9 Å². The van der Waals surface area contributed by atoms with Crippen LogP contribution < -0.4 is 4.74 Å². The lowest BCUT2D eigenvalue weighted by molar-refractivity contribution is 0.457. The van der Waals surface area contributed by atoms with E-state index < -0.39 is 11.6 Å². The Hall–Kier alpha value is -1.56. The van der Waals surface area contributed by atoms with Gasteiger partial charge < -0.3 is 4.74 Å². The highest BCUT2D eigenvalue weighted by Crippen LogP contribution is 2.28. The van der Waals surface area contributed by atoms with Gasteiger partial charge in [-0.3, -0.25) is 0 Å². The van der Waals surface area contributed by atoms with E-state index in [9.17, 15) is 8.78 Å². The Bertz CT molecular complexity index is 543. The van der Waals surface area contributed by atoms with Crippen molar-refractivity contribution in [2.45, 2.75) is 26.2 Å². The lowest BCUT2D eigenvalue weighted by atomic mass is 9.96. The van der Waals surface area contributed by atoms with Crippen LogP contribution in [0.1, 0.15) is 26.6 Å². The Balaban J connectivity index is 2.21. The van der Waals surface area contributed by atoms with Crippen molar-refractivity contribution in [1.29, 1.82) is 0 Å². The lowest BCUT2D eigenvalue weighted by Gasteiger charge is -2.11. The van der Waals surface area contributed by atoms with Gasteiger partial charge in [0.15, 0.2) is 5.82 Å². The van der Waals surface area contributed by atoms with Gasteiger partial charge in [-0.15, -0.1) is 0 Å². The number of benzene rings is 1. The molecule has 2 aromatic rings. The standard InChI is InChI=1S/C12H12F2N2OS/c1-12(2,3)10-15-11(18-16-10)17-9-5-7(13)4-8(14)6-9/h4-6H,1-3H3. The van der Waals surface area contributed by atoms with E-state index in [1.165, 1.54) is 0 Å². The van der Waals surface area contributed by atoms with Gasteiger partial charge in [0.2, 0.25) is 0 Å². The zero-order chi connectivity index (χ0) is 13.3. The van der Waals surface area contributed by atoms with Gasteiger partial charge in [-0.1, -0.05) is 20.8 Å². The SMILES string of the molecule is CC(C)(C)c1nsc(Oc2cc(F)cc(F)c2)n1. The topological polar surface area (TPSA) is 35.0 Å². The highest BCUT2D eigenvalue weighted by Gasteiger charge is 2.20. The first-order valence-electron chi connectivity index (χ1n) is 5.33. The second-order valence-electron chi connectivity index (χ2n) is 4.84. The van der Waals surface area contributed by atoms with Crippen LogP contribution in [0.25, 0.3) is 0 Å². The summed E-state index contributed by atoms with van der Waals surface area (Å²) in [4.78, 5) is 4.18. The quantitative estimate of drug-likeness (QED) is 0.830. The normalized spacial score (nSPS) is 11.6. The first-order valence-corrected chi connectivity index (χ1v) is 6.10. The summed E-state index contributed by atoms with van der Waals surface area (Å²) in [6.45, 7) is 5.92. The van der Waals surface area contributed by atoms with Crippen LogP contribution in [0.4, 0.5) is 8.78 Å². The van der Waals surface area contributed by atoms with Gasteiger partial charge in [0.05, 0.1) is 0 Å². The van der Waals surface area contributed by atoms with Crippen molar-refractivity contribution in [2.24, 2.45) is 0 Å². The van der Waals surface area contributed by atoms with Gasteiger partial charge in [-0.25, -0.2) is 8.78 Å². The molecule has 0 atom stereocenters. The van der Waals surface area contributed by atoms with E-state index in [2.05, 4.69) is 9.36 Å². The van der Waals surface area contributed by atoms with Gasteiger partial charge in [0, 0.05) is 35.1 Å². The minimum atomic E-state index is -0.689. The molecule has 96 valence electrons. The summed E-state index contributed by atoms with van der Waals surface area (Å²) in [5.41, 5.74) is -0.189. The van der Waals surface area contributed by atoms with Crippen molar-refractivity contribution >= 4 is 11.5 Å². The number of halogens is 2. The molecule has 1 aromatic heterocycles. The van der Waals surface area contributed by atoms with Crippen LogP contribution in [-0.2, 0) is 5.41 Å². The van der Waals surface area contributed by atoms with Crippen molar-refractivity contribution < 1.29 is 13.5 Å². The van der Waals surface area contributed by atoms with Gasteiger partial charge in [-0.05, 0) is 0 Å². The van der Waals surface area contributed by atoms with Crippen LogP contribution in [0.3, 0.4) is 0 Å². The molecule has 0 saturated heterocycles. The Morgan fingerprint density at radius 3 is 2.22 bits per heavy atom. The minimum Gasteiger partial charge on any atom is -0.430 e. The molecule has 3 nitrogen and oxygen atoms in total. The number of nitrogens with zero attached hydrogens (tertiary/aromatic N) is 2. The molecule has 0 N–H and O–H groups in total. The third-order valence-electron chi connectivity index (χ3n) is 2.12. The first kappa shape index (κ1) is 12.9. The Labute approximate surface area is 108 Å². The number of rotatable bonds is 2. The van der Waals surface area contributed by atoms with Crippen LogP contribution in [0.15, 0.2) is 18.2 Å². The predicted octanol–water partition coefficient (Wildman–Crippen LogP) is 3.91. The molecule has 1 heterocycles. The third kappa shape index (κ3) is 3.01. The molecule has 0 aliphatic heterocycles. The largest absolute Gasteiger partial charge is 0.430 e. The maximum Gasteiger partial charge on any atom is 0.298 e. The first-order chi connectivity index (χ1) is 8.34. The average molecular weight is 270 g/mol. The minimum absolute atomic E-state index is 0.0732. The van der Waals surface area contributed by atoms with E-state index in [0.29, 0.717) is 5.82 Å². The van der Waals surface area contributed by atoms with E-state index in [1.807, 2.05) is 20.8 Å².